The number of nitrogens with zero attached hydrogens (tertiary/aromatic N) is 1. The van der Waals surface area contributed by atoms with E-state index in [0.717, 1.165) is 0 Å². The number of carbonyl (C=O) groups excluding carboxylic acids is 2. The van der Waals surface area contributed by atoms with E-state index < -0.39 is 11.2 Å². The molecule has 1 aromatic heterocycles. The Morgan fingerprint density at radius 3 is 2.77 bits per heavy atom. The van der Waals surface area contributed by atoms with E-state index in [2.05, 4.69) is 0 Å². The Morgan fingerprint density at radius 1 is 1.20 bits per heavy atom. The molecule has 0 unspecified atom stereocenters. The summed E-state index contributed by atoms with van der Waals surface area (Å²) in [5, 5.41) is 0.230. The number of esters is 1. The summed E-state index contributed by atoms with van der Waals surface area (Å²) in [5.74, 6) is -1.12. The molecule has 1 aliphatic rings. The van der Waals surface area contributed by atoms with Crippen LogP contribution in [-0.2, 0) is 14.3 Å². The predicted octanol–water partition coefficient (Wildman–Crippen LogP) is 4.21. The number of carbonyl (C=O) groups is 2. The lowest BCUT2D eigenvalue weighted by Crippen LogP contribution is -2.44. The third-order valence-corrected chi connectivity index (χ3v) is 5.79. The van der Waals surface area contributed by atoms with Gasteiger partial charge in [-0.2, -0.15) is 0 Å². The number of fused-ring (bicyclic) bond motifs is 1. The molecule has 35 heavy (non-hydrogen) atoms. The average molecular weight is 483 g/mol. The van der Waals surface area contributed by atoms with Crippen molar-refractivity contribution >= 4 is 22.8 Å². The fourth-order valence-electron chi connectivity index (χ4n) is 4.01. The van der Waals surface area contributed by atoms with Gasteiger partial charge < -0.3 is 23.5 Å². The summed E-state index contributed by atoms with van der Waals surface area (Å²) in [6, 6.07) is 10.3. The van der Waals surface area contributed by atoms with E-state index in [-0.39, 0.29) is 52.6 Å². The topological polar surface area (TPSA) is 95.3 Å². The monoisotopic (exact) mass is 483 g/mol. The van der Waals surface area contributed by atoms with Crippen molar-refractivity contribution in [3.63, 3.8) is 0 Å². The van der Waals surface area contributed by atoms with Gasteiger partial charge in [0, 0.05) is 19.2 Å². The second-order valence-corrected chi connectivity index (χ2v) is 8.23. The molecule has 0 N–H and O–H groups in total. The van der Waals surface area contributed by atoms with Crippen molar-refractivity contribution < 1.29 is 32.6 Å². The SMILES string of the molecule is CCOC(=O)[C@H]1CCCN(C(=O)COc2ccc3c(=O)c(Oc4ccccc4F)c(C)oc3c2)C1. The smallest absolute Gasteiger partial charge is 0.310 e. The van der Waals surface area contributed by atoms with Gasteiger partial charge in [-0.25, -0.2) is 4.39 Å². The van der Waals surface area contributed by atoms with E-state index in [1.807, 2.05) is 0 Å². The molecule has 184 valence electrons. The highest BCUT2D eigenvalue weighted by Crippen LogP contribution is 2.28. The molecule has 9 heteroatoms. The van der Waals surface area contributed by atoms with Crippen molar-refractivity contribution in [3.05, 3.63) is 64.3 Å². The first kappa shape index (κ1) is 24.3. The zero-order valence-electron chi connectivity index (χ0n) is 19.5. The van der Waals surface area contributed by atoms with Gasteiger partial charge in [0.25, 0.3) is 5.91 Å². The first-order valence-corrected chi connectivity index (χ1v) is 11.4. The normalized spacial score (nSPS) is 15.6. The predicted molar refractivity (Wildman–Crippen MR) is 125 cm³/mol. The Kier molecular flexibility index (Phi) is 7.33. The fraction of sp³-hybridized carbons (Fsp3) is 0.346. The highest BCUT2D eigenvalue weighted by Gasteiger charge is 2.29. The number of piperidine rings is 1. The van der Waals surface area contributed by atoms with Gasteiger partial charge in [0.2, 0.25) is 11.2 Å². The molecule has 8 nitrogen and oxygen atoms in total. The summed E-state index contributed by atoms with van der Waals surface area (Å²) in [6.07, 6.45) is 1.40. The van der Waals surface area contributed by atoms with E-state index >= 15 is 0 Å². The lowest BCUT2D eigenvalue weighted by atomic mass is 9.98. The summed E-state index contributed by atoms with van der Waals surface area (Å²) >= 11 is 0. The summed E-state index contributed by atoms with van der Waals surface area (Å²) in [4.78, 5) is 39.2. The van der Waals surface area contributed by atoms with E-state index in [4.69, 9.17) is 18.6 Å². The maximum atomic E-state index is 14.0. The number of ether oxygens (including phenoxy) is 3. The number of likely N-dealkylation sites (tertiary alicyclic amines) is 1. The largest absolute Gasteiger partial charge is 0.484 e. The van der Waals surface area contributed by atoms with Crippen LogP contribution in [0, 0.1) is 18.7 Å². The molecule has 2 heterocycles. The summed E-state index contributed by atoms with van der Waals surface area (Å²) in [5.41, 5.74) is -0.202. The van der Waals surface area contributed by atoms with Gasteiger partial charge in [0.15, 0.2) is 18.2 Å². The third-order valence-electron chi connectivity index (χ3n) is 5.79. The van der Waals surface area contributed by atoms with Crippen LogP contribution in [0.5, 0.6) is 17.2 Å². The minimum Gasteiger partial charge on any atom is -0.484 e. The molecular formula is C26H26FNO7. The third kappa shape index (κ3) is 5.45. The van der Waals surface area contributed by atoms with E-state index in [9.17, 15) is 18.8 Å². The fourth-order valence-corrected chi connectivity index (χ4v) is 4.01. The second-order valence-electron chi connectivity index (χ2n) is 8.23. The number of hydrogen-bond acceptors (Lipinski definition) is 7. The zero-order chi connectivity index (χ0) is 24.9. The van der Waals surface area contributed by atoms with Gasteiger partial charge in [-0.3, -0.25) is 14.4 Å². The second kappa shape index (κ2) is 10.6. The van der Waals surface area contributed by atoms with E-state index in [0.29, 0.717) is 38.3 Å². The number of rotatable bonds is 7. The zero-order valence-corrected chi connectivity index (χ0v) is 19.5. The Morgan fingerprint density at radius 2 is 2.00 bits per heavy atom. The van der Waals surface area contributed by atoms with Gasteiger partial charge >= 0.3 is 5.97 Å². The van der Waals surface area contributed by atoms with E-state index in [1.54, 1.807) is 30.9 Å². The number of aryl methyl sites for hydroxylation is 1. The first-order valence-electron chi connectivity index (χ1n) is 11.4. The van der Waals surface area contributed by atoms with Crippen LogP contribution in [0.25, 0.3) is 11.0 Å². The first-order chi connectivity index (χ1) is 16.9. The number of amides is 1. The van der Waals surface area contributed by atoms with Crippen LogP contribution in [0.3, 0.4) is 0 Å². The van der Waals surface area contributed by atoms with Crippen molar-refractivity contribution in [1.82, 2.24) is 4.90 Å². The Labute approximate surface area is 201 Å². The lowest BCUT2D eigenvalue weighted by molar-refractivity contribution is -0.151. The number of para-hydroxylation sites is 1. The molecule has 1 aliphatic heterocycles. The molecule has 0 spiro atoms. The van der Waals surface area contributed by atoms with Gasteiger partial charge in [-0.15, -0.1) is 0 Å². The standard InChI is InChI=1S/C26H26FNO7/c1-3-32-26(31)17-7-6-12-28(14-17)23(29)15-33-18-10-11-19-22(13-18)34-16(2)25(24(19)30)35-21-9-5-4-8-20(21)27/h4-5,8-11,13,17H,3,6-7,12,14-15H2,1-2H3/t17-/m0/s1. The van der Waals surface area contributed by atoms with Gasteiger partial charge in [0.1, 0.15) is 17.1 Å². The average Bonchev–Trinajstić information content (AvgIpc) is 2.86. The maximum Gasteiger partial charge on any atom is 0.310 e. The van der Waals surface area contributed by atoms with Crippen molar-refractivity contribution in [2.45, 2.75) is 26.7 Å². The molecule has 0 saturated carbocycles. The summed E-state index contributed by atoms with van der Waals surface area (Å²) < 4.78 is 35.9. The molecule has 0 aliphatic carbocycles. The summed E-state index contributed by atoms with van der Waals surface area (Å²) in [6.45, 7) is 4.23. The quantitative estimate of drug-likeness (QED) is 0.465. The van der Waals surface area contributed by atoms with E-state index in [1.165, 1.54) is 30.3 Å². The molecule has 4 rings (SSSR count). The van der Waals surface area contributed by atoms with Gasteiger partial charge in [0.05, 0.1) is 17.9 Å². The van der Waals surface area contributed by atoms with Crippen LogP contribution in [0.2, 0.25) is 0 Å². The molecule has 1 amide bonds. The molecule has 1 saturated heterocycles. The van der Waals surface area contributed by atoms with Crippen molar-refractivity contribution in [3.8, 4) is 17.2 Å². The molecular weight excluding hydrogens is 457 g/mol. The Hall–Kier alpha value is -3.88. The molecule has 3 aromatic rings. The van der Waals surface area contributed by atoms with Gasteiger partial charge in [-0.05, 0) is 51.0 Å². The number of hydrogen-bond donors (Lipinski definition) is 0. The Balaban J connectivity index is 1.45. The van der Waals surface area contributed by atoms with Crippen LogP contribution < -0.4 is 14.9 Å². The Bertz CT molecular complexity index is 1300. The molecule has 0 radical (unpaired) electrons. The minimum atomic E-state index is -0.595. The minimum absolute atomic E-state index is 0.0800. The number of benzene rings is 2. The number of halogens is 1. The van der Waals surface area contributed by atoms with Crippen LogP contribution >= 0.6 is 0 Å². The van der Waals surface area contributed by atoms with Crippen LogP contribution in [0.15, 0.2) is 51.7 Å². The lowest BCUT2D eigenvalue weighted by Gasteiger charge is -2.31. The highest BCUT2D eigenvalue weighted by molar-refractivity contribution is 5.81. The molecule has 1 fully saturated rings. The molecule has 1 atom stereocenters. The van der Waals surface area contributed by atoms with Gasteiger partial charge in [-0.1, -0.05) is 12.1 Å². The van der Waals surface area contributed by atoms with Crippen LogP contribution in [-0.4, -0.2) is 43.1 Å². The maximum absolute atomic E-state index is 14.0. The van der Waals surface area contributed by atoms with Crippen molar-refractivity contribution in [2.75, 3.05) is 26.3 Å². The highest BCUT2D eigenvalue weighted by atomic mass is 19.1. The summed E-state index contributed by atoms with van der Waals surface area (Å²) in [7, 11) is 0. The van der Waals surface area contributed by atoms with Crippen molar-refractivity contribution in [2.24, 2.45) is 5.92 Å². The van der Waals surface area contributed by atoms with Crippen LogP contribution in [0.1, 0.15) is 25.5 Å². The van der Waals surface area contributed by atoms with Crippen LogP contribution in [0.4, 0.5) is 4.39 Å². The molecule has 2 aromatic carbocycles. The molecule has 0 bridgehead atoms. The van der Waals surface area contributed by atoms with Crippen molar-refractivity contribution in [1.29, 1.82) is 0 Å².